The minimum atomic E-state index is -0.205. The quantitative estimate of drug-likeness (QED) is 0.491. The molecule has 1 N–H and O–H groups in total. The maximum Gasteiger partial charge on any atom is 0.223 e. The summed E-state index contributed by atoms with van der Waals surface area (Å²) in [7, 11) is 0. The van der Waals surface area contributed by atoms with E-state index >= 15 is 0 Å². The van der Waals surface area contributed by atoms with Crippen molar-refractivity contribution in [1.82, 2.24) is 5.32 Å². The molecule has 0 spiro atoms. The summed E-state index contributed by atoms with van der Waals surface area (Å²) in [4.78, 5) is 12.9. The Labute approximate surface area is 123 Å². The smallest absolute Gasteiger partial charge is 0.223 e. The second-order valence-corrected chi connectivity index (χ2v) is 6.10. The number of benzene rings is 1. The number of amides is 1. The second-order valence-electron chi connectivity index (χ2n) is 4.93. The molecular formula is C16H20FNOS. The minimum absolute atomic E-state index is 0.157. The molecular weight excluding hydrogens is 273 g/mol. The highest BCUT2D eigenvalue weighted by atomic mass is 32.2. The molecule has 1 aromatic rings. The molecule has 108 valence electrons. The van der Waals surface area contributed by atoms with Gasteiger partial charge < -0.3 is 5.32 Å². The Morgan fingerprint density at radius 2 is 2.10 bits per heavy atom. The Bertz CT molecular complexity index is 458. The van der Waals surface area contributed by atoms with Crippen molar-refractivity contribution in [2.75, 3.05) is 12.3 Å². The standard InChI is InChI=1S/C16H20FNOS/c17-14-7-9-15(10-8-14)20-12-4-11-18-16(19)13-5-2-1-3-6-13/h1-2,7-10,13H,3-6,11-12H2,(H,18,19). The number of carbonyl (C=O) groups is 1. The van der Waals surface area contributed by atoms with E-state index < -0.39 is 0 Å². The maximum atomic E-state index is 12.7. The lowest BCUT2D eigenvalue weighted by atomic mass is 9.94. The van der Waals surface area contributed by atoms with Crippen molar-refractivity contribution in [2.24, 2.45) is 5.92 Å². The summed E-state index contributed by atoms with van der Waals surface area (Å²) in [5, 5.41) is 3.00. The Balaban J connectivity index is 1.58. The molecule has 1 aliphatic rings. The lowest BCUT2D eigenvalue weighted by Gasteiger charge is -2.17. The molecule has 0 aliphatic heterocycles. The zero-order valence-corrected chi connectivity index (χ0v) is 12.3. The molecule has 0 heterocycles. The second kappa shape index (κ2) is 8.10. The number of hydrogen-bond donors (Lipinski definition) is 1. The van der Waals surface area contributed by atoms with E-state index in [2.05, 4.69) is 17.5 Å². The van der Waals surface area contributed by atoms with Crippen LogP contribution in [-0.4, -0.2) is 18.2 Å². The van der Waals surface area contributed by atoms with Gasteiger partial charge in [0, 0.05) is 17.4 Å². The molecule has 20 heavy (non-hydrogen) atoms. The van der Waals surface area contributed by atoms with E-state index in [0.29, 0.717) is 6.54 Å². The third kappa shape index (κ3) is 5.00. The molecule has 0 aromatic heterocycles. The van der Waals surface area contributed by atoms with Crippen molar-refractivity contribution in [3.63, 3.8) is 0 Å². The third-order valence-electron chi connectivity index (χ3n) is 3.34. The summed E-state index contributed by atoms with van der Waals surface area (Å²) in [6.45, 7) is 0.716. The monoisotopic (exact) mass is 293 g/mol. The Kier molecular flexibility index (Phi) is 6.12. The van der Waals surface area contributed by atoms with Gasteiger partial charge in [0.05, 0.1) is 0 Å². The number of halogens is 1. The van der Waals surface area contributed by atoms with E-state index in [1.807, 2.05) is 0 Å². The highest BCUT2D eigenvalue weighted by Gasteiger charge is 2.17. The largest absolute Gasteiger partial charge is 0.356 e. The number of rotatable bonds is 6. The van der Waals surface area contributed by atoms with Crippen molar-refractivity contribution in [3.05, 3.63) is 42.2 Å². The first-order valence-electron chi connectivity index (χ1n) is 7.07. The highest BCUT2D eigenvalue weighted by Crippen LogP contribution is 2.19. The van der Waals surface area contributed by atoms with Gasteiger partial charge in [-0.2, -0.15) is 0 Å². The molecule has 0 saturated carbocycles. The fourth-order valence-corrected chi connectivity index (χ4v) is 3.03. The van der Waals surface area contributed by atoms with Crippen LogP contribution in [0.5, 0.6) is 0 Å². The fourth-order valence-electron chi connectivity index (χ4n) is 2.18. The van der Waals surface area contributed by atoms with Crippen LogP contribution in [0, 0.1) is 11.7 Å². The van der Waals surface area contributed by atoms with E-state index in [1.165, 1.54) is 12.1 Å². The molecule has 1 aromatic carbocycles. The molecule has 0 fully saturated rings. The average Bonchev–Trinajstić information content (AvgIpc) is 2.49. The average molecular weight is 293 g/mol. The number of allylic oxidation sites excluding steroid dienone is 2. The first-order chi connectivity index (χ1) is 9.75. The first kappa shape index (κ1) is 15.1. The fraction of sp³-hybridized carbons (Fsp3) is 0.438. The van der Waals surface area contributed by atoms with Crippen LogP contribution in [0.1, 0.15) is 25.7 Å². The summed E-state index contributed by atoms with van der Waals surface area (Å²) < 4.78 is 12.7. The number of thioether (sulfide) groups is 1. The molecule has 1 amide bonds. The van der Waals surface area contributed by atoms with Gasteiger partial charge in [0.25, 0.3) is 0 Å². The minimum Gasteiger partial charge on any atom is -0.356 e. The van der Waals surface area contributed by atoms with Crippen LogP contribution in [0.25, 0.3) is 0 Å². The number of nitrogens with one attached hydrogen (secondary N) is 1. The summed E-state index contributed by atoms with van der Waals surface area (Å²) in [5.41, 5.74) is 0. The summed E-state index contributed by atoms with van der Waals surface area (Å²) in [6, 6.07) is 6.52. The van der Waals surface area contributed by atoms with Crippen LogP contribution >= 0.6 is 11.8 Å². The first-order valence-corrected chi connectivity index (χ1v) is 8.05. The lowest BCUT2D eigenvalue weighted by molar-refractivity contribution is -0.125. The summed E-state index contributed by atoms with van der Waals surface area (Å²) in [6.07, 6.45) is 8.01. The Morgan fingerprint density at radius 3 is 2.80 bits per heavy atom. The summed E-state index contributed by atoms with van der Waals surface area (Å²) in [5.74, 6) is 1.06. The maximum absolute atomic E-state index is 12.7. The SMILES string of the molecule is O=C(NCCCSc1ccc(F)cc1)C1CC=CCC1. The zero-order chi connectivity index (χ0) is 14.2. The molecule has 0 radical (unpaired) electrons. The van der Waals surface area contributed by atoms with E-state index in [0.717, 1.165) is 36.3 Å². The molecule has 1 aliphatic carbocycles. The highest BCUT2D eigenvalue weighted by molar-refractivity contribution is 7.99. The summed E-state index contributed by atoms with van der Waals surface area (Å²) >= 11 is 1.69. The lowest BCUT2D eigenvalue weighted by Crippen LogP contribution is -2.32. The zero-order valence-electron chi connectivity index (χ0n) is 11.5. The van der Waals surface area contributed by atoms with Crippen molar-refractivity contribution >= 4 is 17.7 Å². The van der Waals surface area contributed by atoms with Crippen molar-refractivity contribution < 1.29 is 9.18 Å². The van der Waals surface area contributed by atoms with E-state index in [9.17, 15) is 9.18 Å². The molecule has 0 saturated heterocycles. The molecule has 4 heteroatoms. The van der Waals surface area contributed by atoms with Gasteiger partial charge in [-0.05, 0) is 55.7 Å². The van der Waals surface area contributed by atoms with Crippen LogP contribution in [0.2, 0.25) is 0 Å². The van der Waals surface area contributed by atoms with Gasteiger partial charge in [0.1, 0.15) is 5.82 Å². The van der Waals surface area contributed by atoms with Gasteiger partial charge >= 0.3 is 0 Å². The topological polar surface area (TPSA) is 29.1 Å². The third-order valence-corrected chi connectivity index (χ3v) is 4.44. The molecule has 1 atom stereocenters. The van der Waals surface area contributed by atoms with Gasteiger partial charge in [-0.3, -0.25) is 4.79 Å². The molecule has 2 rings (SSSR count). The van der Waals surface area contributed by atoms with E-state index in [4.69, 9.17) is 0 Å². The Morgan fingerprint density at radius 1 is 1.30 bits per heavy atom. The van der Waals surface area contributed by atoms with Crippen molar-refractivity contribution in [1.29, 1.82) is 0 Å². The van der Waals surface area contributed by atoms with E-state index in [-0.39, 0.29) is 17.6 Å². The van der Waals surface area contributed by atoms with Gasteiger partial charge in [0.15, 0.2) is 0 Å². The van der Waals surface area contributed by atoms with Crippen molar-refractivity contribution in [2.45, 2.75) is 30.6 Å². The van der Waals surface area contributed by atoms with Gasteiger partial charge in [0.2, 0.25) is 5.91 Å². The van der Waals surface area contributed by atoms with Crippen LogP contribution in [0.3, 0.4) is 0 Å². The predicted octanol–water partition coefficient (Wildman–Crippen LogP) is 3.78. The van der Waals surface area contributed by atoms with Gasteiger partial charge in [-0.15, -0.1) is 11.8 Å². The van der Waals surface area contributed by atoms with E-state index in [1.54, 1.807) is 23.9 Å². The van der Waals surface area contributed by atoms with Crippen LogP contribution in [0.15, 0.2) is 41.3 Å². The van der Waals surface area contributed by atoms with Gasteiger partial charge in [-0.25, -0.2) is 4.39 Å². The van der Waals surface area contributed by atoms with Gasteiger partial charge in [-0.1, -0.05) is 12.2 Å². The van der Waals surface area contributed by atoms with Crippen molar-refractivity contribution in [3.8, 4) is 0 Å². The number of carbonyl (C=O) groups excluding carboxylic acids is 1. The van der Waals surface area contributed by atoms with Crippen LogP contribution < -0.4 is 5.32 Å². The number of hydrogen-bond acceptors (Lipinski definition) is 2. The Hall–Kier alpha value is -1.29. The normalized spacial score (nSPS) is 17.9. The van der Waals surface area contributed by atoms with Crippen LogP contribution in [-0.2, 0) is 4.79 Å². The molecule has 1 unspecified atom stereocenters. The molecule has 2 nitrogen and oxygen atoms in total. The molecule has 0 bridgehead atoms. The van der Waals surface area contributed by atoms with Crippen LogP contribution in [0.4, 0.5) is 4.39 Å². The predicted molar refractivity (Wildman–Crippen MR) is 81.2 cm³/mol.